The number of imidazole rings is 1. The van der Waals surface area contributed by atoms with E-state index in [4.69, 9.17) is 0 Å². The smallest absolute Gasteiger partial charge is 0.171 e. The van der Waals surface area contributed by atoms with Crippen molar-refractivity contribution in [3.63, 3.8) is 0 Å². The molecule has 0 atom stereocenters. The van der Waals surface area contributed by atoms with Gasteiger partial charge in [-0.1, -0.05) is 17.8 Å². The number of nitrogens with one attached hydrogen (secondary N) is 1. The number of halogens is 1. The quantitative estimate of drug-likeness (QED) is 0.741. The number of H-pyrrole nitrogens is 1. The molecule has 1 heterocycles. The minimum Gasteiger partial charge on any atom is -0.333 e. The Morgan fingerprint density at radius 1 is 1.25 bits per heavy atom. The molecule has 3 rings (SSSR count). The molecule has 0 amide bonds. The summed E-state index contributed by atoms with van der Waals surface area (Å²) in [6, 6.07) is 10.2. The van der Waals surface area contributed by atoms with Gasteiger partial charge in [0.15, 0.2) is 5.16 Å². The van der Waals surface area contributed by atoms with Crippen LogP contribution in [0.3, 0.4) is 0 Å². The summed E-state index contributed by atoms with van der Waals surface area (Å²) in [7, 11) is 0. The van der Waals surface area contributed by atoms with E-state index in [1.165, 1.54) is 23.9 Å². The van der Waals surface area contributed by atoms with E-state index in [1.54, 1.807) is 6.07 Å². The summed E-state index contributed by atoms with van der Waals surface area (Å²) in [5.41, 5.74) is 3.27. The van der Waals surface area contributed by atoms with Crippen LogP contribution in [0.15, 0.2) is 46.5 Å². The zero-order valence-electron chi connectivity index (χ0n) is 10.7. The first-order valence-corrected chi connectivity index (χ1v) is 6.86. The first-order chi connectivity index (χ1) is 9.64. The number of fused-ring (bicyclic) bond motifs is 1. The van der Waals surface area contributed by atoms with Crippen LogP contribution < -0.4 is 0 Å². The van der Waals surface area contributed by atoms with E-state index >= 15 is 0 Å². The zero-order chi connectivity index (χ0) is 14.1. The minimum atomic E-state index is -0.427. The maximum Gasteiger partial charge on any atom is 0.171 e. The first-order valence-electron chi connectivity index (χ1n) is 6.04. The fraction of sp³-hybridized carbons (Fsp3) is 0.0667. The number of rotatable bonds is 3. The van der Waals surface area contributed by atoms with Gasteiger partial charge in [0.1, 0.15) is 12.1 Å². The minimum absolute atomic E-state index is 0.319. The molecule has 0 aliphatic rings. The Hall–Kier alpha value is -2.14. The highest BCUT2D eigenvalue weighted by molar-refractivity contribution is 7.99. The Bertz CT molecular complexity index is 798. The molecule has 0 saturated heterocycles. The van der Waals surface area contributed by atoms with E-state index in [9.17, 15) is 9.18 Å². The molecule has 0 aliphatic heterocycles. The predicted octanol–water partition coefficient (Wildman–Crippen LogP) is 3.97. The SMILES string of the molecule is Cc1ccc2nc(Sc3cc(F)cc(C=O)c3)[nH]c2c1. The van der Waals surface area contributed by atoms with E-state index in [0.717, 1.165) is 16.6 Å². The second kappa shape index (κ2) is 5.09. The third-order valence-electron chi connectivity index (χ3n) is 2.86. The third kappa shape index (κ3) is 2.58. The molecule has 20 heavy (non-hydrogen) atoms. The number of aldehydes is 1. The standard InChI is InChI=1S/C15H11FN2OS/c1-9-2-3-13-14(4-9)18-15(17-13)20-12-6-10(8-19)5-11(16)7-12/h2-8H,1H3,(H,17,18). The van der Waals surface area contributed by atoms with Gasteiger partial charge in [0.2, 0.25) is 0 Å². The lowest BCUT2D eigenvalue weighted by atomic mass is 10.2. The molecule has 1 N–H and O–H groups in total. The Morgan fingerprint density at radius 2 is 2.10 bits per heavy atom. The summed E-state index contributed by atoms with van der Waals surface area (Å²) in [6.45, 7) is 2.01. The number of aromatic amines is 1. The number of hydrogen-bond acceptors (Lipinski definition) is 3. The van der Waals surface area contributed by atoms with Crippen molar-refractivity contribution in [3.05, 3.63) is 53.3 Å². The van der Waals surface area contributed by atoms with Crippen LogP contribution in [-0.4, -0.2) is 16.3 Å². The van der Waals surface area contributed by atoms with Crippen LogP contribution in [0.25, 0.3) is 11.0 Å². The van der Waals surface area contributed by atoms with Crippen molar-refractivity contribution in [3.8, 4) is 0 Å². The van der Waals surface area contributed by atoms with Crippen molar-refractivity contribution < 1.29 is 9.18 Å². The summed E-state index contributed by atoms with van der Waals surface area (Å²) < 4.78 is 13.4. The normalized spacial score (nSPS) is 10.9. The summed E-state index contributed by atoms with van der Waals surface area (Å²) >= 11 is 1.30. The molecule has 0 unspecified atom stereocenters. The second-order valence-corrected chi connectivity index (χ2v) is 5.56. The summed E-state index contributed by atoms with van der Waals surface area (Å²) in [4.78, 5) is 19.0. The van der Waals surface area contributed by atoms with Crippen LogP contribution in [0.5, 0.6) is 0 Å². The molecule has 100 valence electrons. The molecule has 0 fully saturated rings. The average Bonchev–Trinajstić information content (AvgIpc) is 2.79. The molecule has 1 aromatic heterocycles. The van der Waals surface area contributed by atoms with Crippen molar-refractivity contribution >= 4 is 29.1 Å². The number of benzene rings is 2. The van der Waals surface area contributed by atoms with Crippen LogP contribution in [0.4, 0.5) is 4.39 Å². The van der Waals surface area contributed by atoms with Crippen LogP contribution in [0.2, 0.25) is 0 Å². The third-order valence-corrected chi connectivity index (χ3v) is 3.72. The monoisotopic (exact) mass is 286 g/mol. The highest BCUT2D eigenvalue weighted by Crippen LogP contribution is 2.28. The Balaban J connectivity index is 1.96. The van der Waals surface area contributed by atoms with Gasteiger partial charge in [-0.2, -0.15) is 0 Å². The molecular formula is C15H11FN2OS. The lowest BCUT2D eigenvalue weighted by Crippen LogP contribution is -1.85. The number of carbonyl (C=O) groups excluding carboxylic acids is 1. The molecule has 3 aromatic rings. The first kappa shape index (κ1) is 12.9. The van der Waals surface area contributed by atoms with Gasteiger partial charge in [0.25, 0.3) is 0 Å². The average molecular weight is 286 g/mol. The van der Waals surface area contributed by atoms with E-state index in [0.29, 0.717) is 21.9 Å². The topological polar surface area (TPSA) is 45.8 Å². The molecular weight excluding hydrogens is 275 g/mol. The molecule has 0 spiro atoms. The van der Waals surface area contributed by atoms with Crippen LogP contribution in [0, 0.1) is 12.7 Å². The molecule has 3 nitrogen and oxygen atoms in total. The van der Waals surface area contributed by atoms with Gasteiger partial charge < -0.3 is 4.98 Å². The lowest BCUT2D eigenvalue weighted by Gasteiger charge is -1.99. The summed E-state index contributed by atoms with van der Waals surface area (Å²) in [5.74, 6) is -0.427. The van der Waals surface area contributed by atoms with Gasteiger partial charge in [-0.25, -0.2) is 9.37 Å². The molecule has 0 aliphatic carbocycles. The highest BCUT2D eigenvalue weighted by Gasteiger charge is 2.07. The van der Waals surface area contributed by atoms with E-state index < -0.39 is 5.82 Å². The summed E-state index contributed by atoms with van der Waals surface area (Å²) in [6.07, 6.45) is 0.634. The molecule has 0 radical (unpaired) electrons. The van der Waals surface area contributed by atoms with Gasteiger partial charge in [-0.15, -0.1) is 0 Å². The molecule has 5 heteroatoms. The molecule has 0 bridgehead atoms. The number of aromatic nitrogens is 2. The van der Waals surface area contributed by atoms with Crippen molar-refractivity contribution in [1.82, 2.24) is 9.97 Å². The fourth-order valence-electron chi connectivity index (χ4n) is 1.97. The van der Waals surface area contributed by atoms with Gasteiger partial charge in [0.05, 0.1) is 11.0 Å². The van der Waals surface area contributed by atoms with E-state index in [2.05, 4.69) is 9.97 Å². The highest BCUT2D eigenvalue weighted by atomic mass is 32.2. The van der Waals surface area contributed by atoms with Crippen molar-refractivity contribution in [1.29, 1.82) is 0 Å². The fourth-order valence-corrected chi connectivity index (χ4v) is 2.87. The Labute approximate surface area is 119 Å². The van der Waals surface area contributed by atoms with E-state index in [-0.39, 0.29) is 0 Å². The maximum atomic E-state index is 13.4. The number of nitrogens with zero attached hydrogens (tertiary/aromatic N) is 1. The Kier molecular flexibility index (Phi) is 3.28. The Morgan fingerprint density at radius 3 is 2.90 bits per heavy atom. The van der Waals surface area contributed by atoms with Crippen LogP contribution in [-0.2, 0) is 0 Å². The number of aryl methyl sites for hydroxylation is 1. The maximum absolute atomic E-state index is 13.4. The van der Waals surface area contributed by atoms with Crippen molar-refractivity contribution in [2.45, 2.75) is 17.0 Å². The van der Waals surface area contributed by atoms with E-state index in [1.807, 2.05) is 25.1 Å². The second-order valence-electron chi connectivity index (χ2n) is 4.50. The molecule has 0 saturated carbocycles. The molecule has 2 aromatic carbocycles. The largest absolute Gasteiger partial charge is 0.333 e. The predicted molar refractivity (Wildman–Crippen MR) is 76.7 cm³/mol. The van der Waals surface area contributed by atoms with Gasteiger partial charge in [-0.3, -0.25) is 4.79 Å². The zero-order valence-corrected chi connectivity index (χ0v) is 11.5. The van der Waals surface area contributed by atoms with Crippen LogP contribution in [0.1, 0.15) is 15.9 Å². The van der Waals surface area contributed by atoms with Crippen molar-refractivity contribution in [2.75, 3.05) is 0 Å². The van der Waals surface area contributed by atoms with Crippen LogP contribution >= 0.6 is 11.8 Å². The lowest BCUT2D eigenvalue weighted by molar-refractivity contribution is 0.112. The number of carbonyl (C=O) groups is 1. The van der Waals surface area contributed by atoms with Gasteiger partial charge >= 0.3 is 0 Å². The van der Waals surface area contributed by atoms with Gasteiger partial charge in [0, 0.05) is 10.5 Å². The van der Waals surface area contributed by atoms with Gasteiger partial charge in [-0.05, 0) is 42.8 Å². The summed E-state index contributed by atoms with van der Waals surface area (Å²) in [5, 5.41) is 0.674. The number of hydrogen-bond donors (Lipinski definition) is 1. The van der Waals surface area contributed by atoms with Crippen molar-refractivity contribution in [2.24, 2.45) is 0 Å².